The number of thiazole rings is 1. The smallest absolute Gasteiger partial charge is 0.417 e. The molecule has 17 nitrogen and oxygen atoms in total. The van der Waals surface area contributed by atoms with Gasteiger partial charge in [0.15, 0.2) is 0 Å². The van der Waals surface area contributed by atoms with E-state index in [0.29, 0.717) is 18.7 Å². The average Bonchev–Trinajstić information content (AvgIpc) is 3.90. The fraction of sp³-hybridized carbons (Fsp3) is 0.569. The first-order valence-corrected chi connectivity index (χ1v) is 28.2. The predicted molar refractivity (Wildman–Crippen MR) is 296 cm³/mol. The summed E-state index contributed by atoms with van der Waals surface area (Å²) in [5.74, 6) is -0.513. The Morgan fingerprint density at radius 2 is 1.51 bits per heavy atom. The number of nitrogens with one attached hydrogen (secondary N) is 3. The molecular formula is C58H76F3N11O6S. The van der Waals surface area contributed by atoms with Gasteiger partial charge in [0, 0.05) is 88.4 Å². The quantitative estimate of drug-likeness (QED) is 0.0893. The first-order valence-electron chi connectivity index (χ1n) is 27.3. The minimum Gasteiger partial charge on any atom is -0.489 e. The Kier molecular flexibility index (Phi) is 17.8. The summed E-state index contributed by atoms with van der Waals surface area (Å²) in [6.45, 7) is 25.6. The molecule has 79 heavy (non-hydrogen) atoms. The fourth-order valence-electron chi connectivity index (χ4n) is 12.1. The molecule has 2 unspecified atom stereocenters. The molecule has 0 spiro atoms. The van der Waals surface area contributed by atoms with Gasteiger partial charge in [0.25, 0.3) is 5.91 Å². The van der Waals surface area contributed by atoms with Crippen LogP contribution in [-0.2, 0) is 20.6 Å². The minimum atomic E-state index is -4.71. The third kappa shape index (κ3) is 13.5. The second-order valence-corrected chi connectivity index (χ2v) is 24.8. The molecule has 0 radical (unpaired) electrons. The average molecular weight is 1110 g/mol. The summed E-state index contributed by atoms with van der Waals surface area (Å²) < 4.78 is 47.1. The maximum atomic E-state index is 14.3. The van der Waals surface area contributed by atoms with Gasteiger partial charge >= 0.3 is 6.18 Å². The first-order chi connectivity index (χ1) is 37.2. The number of nitriles is 1. The van der Waals surface area contributed by atoms with Crippen LogP contribution in [0.25, 0.3) is 10.4 Å². The molecule has 5 heterocycles. The standard InChI is InChI=1S/C58H76F3N11O6S/c1-36(38-11-13-39(14-12-38)48-37(2)64-35-79-48)65-51(76)45-29-42(73)33-72(45)52(77)49(55(3,4)5)66-47(74)34-70-23-21-68(22-24-70)19-10-20-69-25-27-71(28-26-69)46-18-16-41(32-63-46)50(75)67-53-56(6,7)54(57(53,8)9)78-43-17-15-40(31-62)44(30-43)58(59,60)61/h11-18,30,32,35-36,42,45,49,53-54,73H,10,19-29,33-34H2,1-9H3,(H,65,76)(H,66,74)(H,67,75)/t36?,42-,45+,49?,53-,54-/m1/s1. The number of β-amino-alcohol motifs (C(OH)–C–C–N with tert-alkyl or cyclic N) is 1. The van der Waals surface area contributed by atoms with Gasteiger partial charge in [-0.3, -0.25) is 29.0 Å². The summed E-state index contributed by atoms with van der Waals surface area (Å²) in [4.78, 5) is 75.9. The number of aliphatic hydroxyl groups is 1. The van der Waals surface area contributed by atoms with Crippen LogP contribution in [0.15, 0.2) is 66.3 Å². The van der Waals surface area contributed by atoms with Crippen LogP contribution in [0.3, 0.4) is 0 Å². The summed E-state index contributed by atoms with van der Waals surface area (Å²) >= 11 is 1.58. The van der Waals surface area contributed by atoms with Crippen molar-refractivity contribution in [1.29, 1.82) is 5.26 Å². The highest BCUT2D eigenvalue weighted by molar-refractivity contribution is 7.13. The van der Waals surface area contributed by atoms with Crippen LogP contribution in [0.1, 0.15) is 107 Å². The van der Waals surface area contributed by atoms with Crippen molar-refractivity contribution in [2.45, 2.75) is 118 Å². The molecule has 426 valence electrons. The minimum absolute atomic E-state index is 0.00204. The Morgan fingerprint density at radius 3 is 2.08 bits per heavy atom. The Bertz CT molecular complexity index is 2840. The first kappa shape index (κ1) is 59.0. The maximum Gasteiger partial charge on any atom is 0.417 e. The lowest BCUT2D eigenvalue weighted by Crippen LogP contribution is -2.74. The number of hydrogen-bond donors (Lipinski definition) is 4. The predicted octanol–water partition coefficient (Wildman–Crippen LogP) is 6.52. The third-order valence-corrected chi connectivity index (χ3v) is 17.3. The molecule has 4 aromatic rings. The second-order valence-electron chi connectivity index (χ2n) is 24.0. The van der Waals surface area contributed by atoms with E-state index in [0.717, 1.165) is 98.4 Å². The number of benzene rings is 2. The molecule has 2 aromatic carbocycles. The van der Waals surface area contributed by atoms with Gasteiger partial charge in [-0.1, -0.05) is 72.7 Å². The van der Waals surface area contributed by atoms with Gasteiger partial charge in [-0.25, -0.2) is 9.97 Å². The van der Waals surface area contributed by atoms with E-state index in [1.165, 1.54) is 11.0 Å². The van der Waals surface area contributed by atoms with E-state index in [4.69, 9.17) is 4.74 Å². The number of nitrogens with zero attached hydrogens (tertiary/aromatic N) is 8. The molecule has 3 aliphatic heterocycles. The van der Waals surface area contributed by atoms with Gasteiger partial charge in [0.05, 0.1) is 57.5 Å². The zero-order chi connectivity index (χ0) is 57.2. The summed E-state index contributed by atoms with van der Waals surface area (Å²) in [6, 6.07) is 14.0. The molecule has 8 rings (SSSR count). The SMILES string of the molecule is Cc1ncsc1-c1ccc(C(C)NC(=O)[C@@H]2C[C@@H](O)CN2C(=O)C(NC(=O)CN2CCN(CCCN3CCN(c4ccc(C(=O)N[C@H]5C(C)(C)[C@H](Oc6ccc(C#N)c(C(F)(F)F)c6)C5(C)C)cn4)CC3)CC2)C(C)(C)C)cc1. The lowest BCUT2D eigenvalue weighted by atomic mass is 9.49. The van der Waals surface area contributed by atoms with E-state index >= 15 is 0 Å². The summed E-state index contributed by atoms with van der Waals surface area (Å²) in [7, 11) is 0. The van der Waals surface area contributed by atoms with E-state index in [2.05, 4.69) is 45.5 Å². The van der Waals surface area contributed by atoms with Crippen LogP contribution in [0.5, 0.6) is 5.75 Å². The van der Waals surface area contributed by atoms with Crippen LogP contribution >= 0.6 is 11.3 Å². The van der Waals surface area contributed by atoms with Gasteiger partial charge in [-0.05, 0) is 80.2 Å². The number of aliphatic hydroxyl groups excluding tert-OH is 1. The highest BCUT2D eigenvalue weighted by atomic mass is 32.1. The number of pyridine rings is 1. The number of carbonyl (C=O) groups excluding carboxylic acids is 4. The van der Waals surface area contributed by atoms with Crippen molar-refractivity contribution in [1.82, 2.24) is 45.5 Å². The summed E-state index contributed by atoms with van der Waals surface area (Å²) in [6.07, 6.45) is -3.43. The Hall–Kier alpha value is -6.18. The van der Waals surface area contributed by atoms with E-state index in [9.17, 15) is 42.7 Å². The van der Waals surface area contributed by atoms with Crippen molar-refractivity contribution >= 4 is 40.8 Å². The lowest BCUT2D eigenvalue weighted by molar-refractivity contribution is -0.164. The van der Waals surface area contributed by atoms with E-state index < -0.39 is 57.8 Å². The molecule has 4 fully saturated rings. The van der Waals surface area contributed by atoms with E-state index in [1.54, 1.807) is 29.7 Å². The van der Waals surface area contributed by atoms with Gasteiger partial charge in [0.1, 0.15) is 29.8 Å². The van der Waals surface area contributed by atoms with Gasteiger partial charge in [-0.15, -0.1) is 11.3 Å². The monoisotopic (exact) mass is 1110 g/mol. The molecular weight excluding hydrogens is 1040 g/mol. The number of halogens is 3. The number of rotatable bonds is 17. The molecule has 3 saturated heterocycles. The zero-order valence-corrected chi connectivity index (χ0v) is 47.6. The number of aryl methyl sites for hydroxylation is 1. The number of carbonyl (C=O) groups is 4. The lowest BCUT2D eigenvalue weighted by Gasteiger charge is -2.63. The Labute approximate surface area is 465 Å². The zero-order valence-electron chi connectivity index (χ0n) is 46.8. The van der Waals surface area contributed by atoms with Crippen LogP contribution in [0.2, 0.25) is 0 Å². The van der Waals surface area contributed by atoms with E-state index in [-0.39, 0.29) is 61.0 Å². The van der Waals surface area contributed by atoms with Crippen LogP contribution in [0.4, 0.5) is 19.0 Å². The molecule has 4 N–H and O–H groups in total. The number of alkyl halides is 3. The van der Waals surface area contributed by atoms with Gasteiger partial charge in [0.2, 0.25) is 17.7 Å². The van der Waals surface area contributed by atoms with Crippen molar-refractivity contribution in [3.63, 3.8) is 0 Å². The Morgan fingerprint density at radius 1 is 0.873 bits per heavy atom. The highest BCUT2D eigenvalue weighted by Crippen LogP contribution is 2.56. The van der Waals surface area contributed by atoms with Crippen molar-refractivity contribution in [2.75, 3.05) is 83.4 Å². The number of piperazine rings is 2. The number of ether oxygens (including phenoxy) is 1. The Balaban J connectivity index is 0.731. The van der Waals surface area contributed by atoms with Crippen molar-refractivity contribution in [3.8, 4) is 22.3 Å². The number of likely N-dealkylation sites (tertiary alicyclic amines) is 1. The molecule has 1 aliphatic carbocycles. The second kappa shape index (κ2) is 23.9. The van der Waals surface area contributed by atoms with Crippen molar-refractivity contribution < 1.29 is 42.2 Å². The number of hydrogen-bond acceptors (Lipinski definition) is 14. The molecule has 4 aliphatic rings. The van der Waals surface area contributed by atoms with E-state index in [1.807, 2.05) is 98.2 Å². The molecule has 4 amide bonds. The van der Waals surface area contributed by atoms with Gasteiger partial charge < -0.3 is 40.5 Å². The molecule has 0 bridgehead atoms. The maximum absolute atomic E-state index is 14.3. The van der Waals surface area contributed by atoms with Crippen LogP contribution < -0.4 is 25.6 Å². The topological polar surface area (TPSA) is 200 Å². The van der Waals surface area contributed by atoms with Crippen molar-refractivity contribution in [3.05, 3.63) is 94.3 Å². The normalized spacial score (nSPS) is 22.5. The number of aromatic nitrogens is 2. The number of anilines is 1. The van der Waals surface area contributed by atoms with Crippen LogP contribution in [-0.4, -0.2) is 167 Å². The molecule has 21 heteroatoms. The largest absolute Gasteiger partial charge is 0.489 e. The molecule has 2 aromatic heterocycles. The molecule has 4 atom stereocenters. The third-order valence-electron chi connectivity index (χ3n) is 16.3. The number of amides is 4. The van der Waals surface area contributed by atoms with Crippen LogP contribution in [0, 0.1) is 34.5 Å². The molecule has 1 saturated carbocycles. The van der Waals surface area contributed by atoms with Crippen molar-refractivity contribution in [2.24, 2.45) is 16.2 Å². The summed E-state index contributed by atoms with van der Waals surface area (Å²) in [5, 5.41) is 29.1. The highest BCUT2D eigenvalue weighted by Gasteiger charge is 2.64. The fourth-order valence-corrected chi connectivity index (χ4v) is 12.9. The van der Waals surface area contributed by atoms with Gasteiger partial charge in [-0.2, -0.15) is 18.4 Å². The summed E-state index contributed by atoms with van der Waals surface area (Å²) in [5.41, 5.74) is 1.67.